The quantitative estimate of drug-likeness (QED) is 0.736. The van der Waals surface area contributed by atoms with Gasteiger partial charge < -0.3 is 14.8 Å². The molecule has 1 heterocycles. The fourth-order valence-corrected chi connectivity index (χ4v) is 3.50. The monoisotopic (exact) mass is 337 g/mol. The van der Waals surface area contributed by atoms with Gasteiger partial charge >= 0.3 is 0 Å². The Labute approximate surface area is 150 Å². The number of ether oxygens (including phenoxy) is 2. The zero-order valence-corrected chi connectivity index (χ0v) is 14.7. The number of para-hydroxylation sites is 1. The molecule has 3 nitrogen and oxygen atoms in total. The Morgan fingerprint density at radius 2 is 1.76 bits per heavy atom. The molecule has 1 aliphatic rings. The molecule has 3 rings (SSSR count). The van der Waals surface area contributed by atoms with Crippen molar-refractivity contribution in [3.63, 3.8) is 0 Å². The van der Waals surface area contributed by atoms with Gasteiger partial charge in [-0.3, -0.25) is 0 Å². The molecule has 1 N–H and O–H groups in total. The van der Waals surface area contributed by atoms with Gasteiger partial charge in [0.2, 0.25) is 0 Å². The van der Waals surface area contributed by atoms with Crippen LogP contribution in [0.25, 0.3) is 0 Å². The summed E-state index contributed by atoms with van der Waals surface area (Å²) < 4.78 is 11.4. The number of rotatable bonds is 8. The van der Waals surface area contributed by atoms with Gasteiger partial charge in [-0.2, -0.15) is 0 Å². The molecule has 2 aromatic rings. The Morgan fingerprint density at radius 1 is 1.04 bits per heavy atom. The van der Waals surface area contributed by atoms with E-state index in [1.54, 1.807) is 6.08 Å². The predicted molar refractivity (Wildman–Crippen MR) is 102 cm³/mol. The van der Waals surface area contributed by atoms with Gasteiger partial charge in [0.15, 0.2) is 0 Å². The molecule has 3 heteroatoms. The minimum atomic E-state index is 0.149. The van der Waals surface area contributed by atoms with Crippen molar-refractivity contribution in [2.45, 2.75) is 24.8 Å². The maximum absolute atomic E-state index is 5.76. The van der Waals surface area contributed by atoms with E-state index in [0.29, 0.717) is 6.61 Å². The van der Waals surface area contributed by atoms with Crippen molar-refractivity contribution in [2.24, 2.45) is 0 Å². The van der Waals surface area contributed by atoms with Crippen LogP contribution in [0.15, 0.2) is 67.3 Å². The van der Waals surface area contributed by atoms with E-state index in [1.165, 1.54) is 11.1 Å². The summed E-state index contributed by atoms with van der Waals surface area (Å²) in [6, 6.07) is 19.0. The molecule has 0 amide bonds. The van der Waals surface area contributed by atoms with Crippen LogP contribution in [0.4, 0.5) is 0 Å². The molecule has 0 radical (unpaired) electrons. The van der Waals surface area contributed by atoms with Gasteiger partial charge in [0.25, 0.3) is 0 Å². The molecule has 0 bridgehead atoms. The standard InChI is InChI=1S/C22H27NO2/c1-2-14-25-21-11-7-6-8-19(21)17-23-18-22(12-15-24-16-13-22)20-9-4-3-5-10-20/h2-11,23H,1,12-18H2. The molecule has 1 aliphatic heterocycles. The molecule has 0 spiro atoms. The minimum absolute atomic E-state index is 0.149. The van der Waals surface area contributed by atoms with E-state index < -0.39 is 0 Å². The maximum Gasteiger partial charge on any atom is 0.124 e. The summed E-state index contributed by atoms with van der Waals surface area (Å²) >= 11 is 0. The summed E-state index contributed by atoms with van der Waals surface area (Å²) in [5, 5.41) is 3.67. The molecule has 25 heavy (non-hydrogen) atoms. The van der Waals surface area contributed by atoms with E-state index in [4.69, 9.17) is 9.47 Å². The third-order valence-corrected chi connectivity index (χ3v) is 4.94. The lowest BCUT2D eigenvalue weighted by Gasteiger charge is -2.38. The highest BCUT2D eigenvalue weighted by atomic mass is 16.5. The van der Waals surface area contributed by atoms with E-state index in [9.17, 15) is 0 Å². The second kappa shape index (κ2) is 8.84. The molecular weight excluding hydrogens is 310 g/mol. The lowest BCUT2D eigenvalue weighted by Crippen LogP contribution is -2.42. The van der Waals surface area contributed by atoms with Crippen LogP contribution >= 0.6 is 0 Å². The molecule has 0 unspecified atom stereocenters. The average molecular weight is 337 g/mol. The van der Waals surface area contributed by atoms with Crippen LogP contribution in [0.5, 0.6) is 5.75 Å². The van der Waals surface area contributed by atoms with E-state index in [0.717, 1.165) is 44.9 Å². The molecule has 1 fully saturated rings. The molecule has 0 atom stereocenters. The summed E-state index contributed by atoms with van der Waals surface area (Å²) in [7, 11) is 0. The zero-order valence-electron chi connectivity index (χ0n) is 14.7. The van der Waals surface area contributed by atoms with Gasteiger partial charge in [-0.15, -0.1) is 0 Å². The zero-order chi connectivity index (χ0) is 17.4. The van der Waals surface area contributed by atoms with Crippen molar-refractivity contribution in [1.82, 2.24) is 5.32 Å². The van der Waals surface area contributed by atoms with Crippen molar-refractivity contribution in [3.8, 4) is 5.75 Å². The molecule has 0 saturated carbocycles. The highest BCUT2D eigenvalue weighted by molar-refractivity contribution is 5.33. The molecule has 0 aromatic heterocycles. The summed E-state index contributed by atoms with van der Waals surface area (Å²) in [5.41, 5.74) is 2.73. The van der Waals surface area contributed by atoms with Crippen molar-refractivity contribution in [1.29, 1.82) is 0 Å². The summed E-state index contributed by atoms with van der Waals surface area (Å²) in [5.74, 6) is 0.927. The molecule has 2 aromatic carbocycles. The molecular formula is C22H27NO2. The van der Waals surface area contributed by atoms with Crippen LogP contribution in [0.3, 0.4) is 0 Å². The second-order valence-corrected chi connectivity index (χ2v) is 6.57. The van der Waals surface area contributed by atoms with Crippen LogP contribution in [0.2, 0.25) is 0 Å². The second-order valence-electron chi connectivity index (χ2n) is 6.57. The van der Waals surface area contributed by atoms with E-state index >= 15 is 0 Å². The summed E-state index contributed by atoms with van der Waals surface area (Å²) in [4.78, 5) is 0. The van der Waals surface area contributed by atoms with Crippen molar-refractivity contribution in [3.05, 3.63) is 78.4 Å². The predicted octanol–water partition coefficient (Wildman–Crippen LogP) is 4.09. The molecule has 0 aliphatic carbocycles. The topological polar surface area (TPSA) is 30.5 Å². The fourth-order valence-electron chi connectivity index (χ4n) is 3.50. The fraction of sp³-hybridized carbons (Fsp3) is 0.364. The Kier molecular flexibility index (Phi) is 6.26. The lowest BCUT2D eigenvalue weighted by atomic mass is 9.74. The first-order valence-corrected chi connectivity index (χ1v) is 9.00. The van der Waals surface area contributed by atoms with Crippen molar-refractivity contribution >= 4 is 0 Å². The highest BCUT2D eigenvalue weighted by Crippen LogP contribution is 2.34. The van der Waals surface area contributed by atoms with E-state index in [-0.39, 0.29) is 5.41 Å². The third-order valence-electron chi connectivity index (χ3n) is 4.94. The summed E-state index contributed by atoms with van der Waals surface area (Å²) in [6.07, 6.45) is 3.88. The molecule has 132 valence electrons. The number of hydrogen-bond acceptors (Lipinski definition) is 3. The largest absolute Gasteiger partial charge is 0.489 e. The van der Waals surface area contributed by atoms with E-state index in [1.807, 2.05) is 12.1 Å². The Morgan fingerprint density at radius 3 is 2.52 bits per heavy atom. The van der Waals surface area contributed by atoms with Gasteiger partial charge in [0.1, 0.15) is 12.4 Å². The van der Waals surface area contributed by atoms with Crippen molar-refractivity contribution in [2.75, 3.05) is 26.4 Å². The first-order valence-electron chi connectivity index (χ1n) is 9.00. The third kappa shape index (κ3) is 4.50. The first-order chi connectivity index (χ1) is 12.3. The first kappa shape index (κ1) is 17.7. The van der Waals surface area contributed by atoms with Crippen LogP contribution in [0.1, 0.15) is 24.0 Å². The highest BCUT2D eigenvalue weighted by Gasteiger charge is 2.33. The van der Waals surface area contributed by atoms with Gasteiger partial charge in [-0.25, -0.2) is 0 Å². The van der Waals surface area contributed by atoms with E-state index in [2.05, 4.69) is 54.4 Å². The molecule has 1 saturated heterocycles. The van der Waals surface area contributed by atoms with Crippen LogP contribution < -0.4 is 10.1 Å². The number of benzene rings is 2. The van der Waals surface area contributed by atoms with Crippen LogP contribution in [-0.4, -0.2) is 26.4 Å². The minimum Gasteiger partial charge on any atom is -0.489 e. The van der Waals surface area contributed by atoms with Crippen LogP contribution in [0, 0.1) is 0 Å². The Bertz CT molecular complexity index is 663. The van der Waals surface area contributed by atoms with Crippen LogP contribution in [-0.2, 0) is 16.7 Å². The number of nitrogens with one attached hydrogen (secondary N) is 1. The smallest absolute Gasteiger partial charge is 0.124 e. The Balaban J connectivity index is 1.68. The van der Waals surface area contributed by atoms with Gasteiger partial charge in [0, 0.05) is 37.3 Å². The maximum atomic E-state index is 5.76. The normalized spacial score (nSPS) is 16.3. The Hall–Kier alpha value is -2.10. The van der Waals surface area contributed by atoms with Gasteiger partial charge in [-0.1, -0.05) is 61.2 Å². The summed E-state index contributed by atoms with van der Waals surface area (Å²) in [6.45, 7) is 7.64. The van der Waals surface area contributed by atoms with Gasteiger partial charge in [-0.05, 0) is 24.5 Å². The average Bonchev–Trinajstić information content (AvgIpc) is 2.69. The van der Waals surface area contributed by atoms with Crippen molar-refractivity contribution < 1.29 is 9.47 Å². The SMILES string of the molecule is C=CCOc1ccccc1CNCC1(c2ccccc2)CCOCC1. The van der Waals surface area contributed by atoms with Gasteiger partial charge in [0.05, 0.1) is 0 Å². The number of hydrogen-bond donors (Lipinski definition) is 1. The lowest BCUT2D eigenvalue weighted by molar-refractivity contribution is 0.0497.